The molecule has 0 saturated heterocycles. The monoisotopic (exact) mass is 191 g/mol. The Morgan fingerprint density at radius 3 is 3.14 bits per heavy atom. The third-order valence-corrected chi connectivity index (χ3v) is 2.67. The SMILES string of the molecule is O=C=NCCc1n[nH]c2c1CCCC2. The van der Waals surface area contributed by atoms with Crippen LogP contribution in [0.25, 0.3) is 0 Å². The van der Waals surface area contributed by atoms with E-state index >= 15 is 0 Å². The lowest BCUT2D eigenvalue weighted by molar-refractivity contribution is 0.562. The molecule has 0 bridgehead atoms. The number of aromatic amines is 1. The highest BCUT2D eigenvalue weighted by Gasteiger charge is 2.15. The molecule has 74 valence electrons. The molecule has 1 aliphatic carbocycles. The van der Waals surface area contributed by atoms with E-state index in [2.05, 4.69) is 15.2 Å². The number of isocyanates is 1. The molecule has 4 nitrogen and oxygen atoms in total. The predicted octanol–water partition coefficient (Wildman–Crippen LogP) is 1.17. The zero-order chi connectivity index (χ0) is 9.80. The van der Waals surface area contributed by atoms with Crippen LogP contribution in [-0.4, -0.2) is 22.8 Å². The molecule has 0 aliphatic heterocycles. The van der Waals surface area contributed by atoms with E-state index in [1.165, 1.54) is 24.1 Å². The summed E-state index contributed by atoms with van der Waals surface area (Å²) in [7, 11) is 0. The summed E-state index contributed by atoms with van der Waals surface area (Å²) in [5, 5.41) is 7.32. The molecule has 4 heteroatoms. The van der Waals surface area contributed by atoms with Gasteiger partial charge in [0.25, 0.3) is 0 Å². The lowest BCUT2D eigenvalue weighted by Crippen LogP contribution is -2.03. The van der Waals surface area contributed by atoms with Gasteiger partial charge in [-0.25, -0.2) is 9.79 Å². The molecular formula is C10H13N3O. The van der Waals surface area contributed by atoms with Crippen LogP contribution in [0.5, 0.6) is 0 Å². The van der Waals surface area contributed by atoms with E-state index in [0.717, 1.165) is 25.0 Å². The van der Waals surface area contributed by atoms with Crippen molar-refractivity contribution in [3.8, 4) is 0 Å². The van der Waals surface area contributed by atoms with Gasteiger partial charge >= 0.3 is 0 Å². The maximum Gasteiger partial charge on any atom is 0.234 e. The molecule has 0 fully saturated rings. The van der Waals surface area contributed by atoms with Gasteiger partial charge in [0, 0.05) is 12.1 Å². The number of nitrogens with zero attached hydrogens (tertiary/aromatic N) is 2. The Balaban J connectivity index is 2.10. The third-order valence-electron chi connectivity index (χ3n) is 2.67. The zero-order valence-corrected chi connectivity index (χ0v) is 8.05. The van der Waals surface area contributed by atoms with E-state index in [-0.39, 0.29) is 0 Å². The summed E-state index contributed by atoms with van der Waals surface area (Å²) >= 11 is 0. The molecule has 1 aliphatic rings. The normalized spacial score (nSPS) is 14.6. The molecule has 14 heavy (non-hydrogen) atoms. The number of hydrogen-bond donors (Lipinski definition) is 1. The number of rotatable bonds is 3. The molecule has 0 amide bonds. The number of aryl methyl sites for hydroxylation is 1. The van der Waals surface area contributed by atoms with Crippen molar-refractivity contribution < 1.29 is 4.79 Å². The summed E-state index contributed by atoms with van der Waals surface area (Å²) < 4.78 is 0. The van der Waals surface area contributed by atoms with Crippen molar-refractivity contribution in [1.82, 2.24) is 10.2 Å². The molecular weight excluding hydrogens is 178 g/mol. The van der Waals surface area contributed by atoms with E-state index in [9.17, 15) is 4.79 Å². The van der Waals surface area contributed by atoms with Crippen molar-refractivity contribution in [3.63, 3.8) is 0 Å². The second-order valence-electron chi connectivity index (χ2n) is 3.56. The third kappa shape index (κ3) is 1.75. The number of hydrogen-bond acceptors (Lipinski definition) is 3. The zero-order valence-electron chi connectivity index (χ0n) is 8.05. The molecule has 0 aromatic carbocycles. The van der Waals surface area contributed by atoms with Crippen LogP contribution < -0.4 is 0 Å². The first-order valence-corrected chi connectivity index (χ1v) is 5.00. The second-order valence-corrected chi connectivity index (χ2v) is 3.56. The number of H-pyrrole nitrogens is 1. The summed E-state index contributed by atoms with van der Waals surface area (Å²) in [6.45, 7) is 0.501. The molecule has 0 unspecified atom stereocenters. The Morgan fingerprint density at radius 1 is 1.43 bits per heavy atom. The smallest absolute Gasteiger partial charge is 0.234 e. The minimum atomic E-state index is 0.501. The van der Waals surface area contributed by atoms with Crippen LogP contribution in [0.4, 0.5) is 0 Å². The van der Waals surface area contributed by atoms with Crippen molar-refractivity contribution in [2.75, 3.05) is 6.54 Å². The number of fused-ring (bicyclic) bond motifs is 1. The average molecular weight is 191 g/mol. The van der Waals surface area contributed by atoms with Gasteiger partial charge in [0.05, 0.1) is 12.2 Å². The Bertz CT molecular complexity index is 363. The van der Waals surface area contributed by atoms with Gasteiger partial charge in [-0.05, 0) is 31.2 Å². The van der Waals surface area contributed by atoms with Gasteiger partial charge in [0.1, 0.15) is 0 Å². The quantitative estimate of drug-likeness (QED) is 0.576. The van der Waals surface area contributed by atoms with Gasteiger partial charge in [-0.1, -0.05) is 0 Å². The van der Waals surface area contributed by atoms with E-state index in [1.54, 1.807) is 6.08 Å². The Hall–Kier alpha value is -1.41. The van der Waals surface area contributed by atoms with Gasteiger partial charge in [-0.3, -0.25) is 5.10 Å². The molecule has 1 heterocycles. The fourth-order valence-electron chi connectivity index (χ4n) is 1.96. The van der Waals surface area contributed by atoms with Crippen molar-refractivity contribution >= 4 is 6.08 Å². The van der Waals surface area contributed by atoms with Crippen molar-refractivity contribution in [3.05, 3.63) is 17.0 Å². The lowest BCUT2D eigenvalue weighted by Gasteiger charge is -2.10. The molecule has 1 aromatic heterocycles. The second kappa shape index (κ2) is 4.20. The maximum atomic E-state index is 9.90. The van der Waals surface area contributed by atoms with Crippen LogP contribution in [0, 0.1) is 0 Å². The molecule has 2 rings (SSSR count). The predicted molar refractivity (Wildman–Crippen MR) is 51.9 cm³/mol. The van der Waals surface area contributed by atoms with E-state index in [4.69, 9.17) is 0 Å². The standard InChI is InChI=1S/C10H13N3O/c14-7-11-6-5-10-8-3-1-2-4-9(8)12-13-10/h1-6H2,(H,12,13). The van der Waals surface area contributed by atoms with Gasteiger partial charge in [0.2, 0.25) is 6.08 Å². The van der Waals surface area contributed by atoms with Gasteiger partial charge in [-0.15, -0.1) is 0 Å². The van der Waals surface area contributed by atoms with Crippen LogP contribution >= 0.6 is 0 Å². The number of aromatic nitrogens is 2. The molecule has 0 radical (unpaired) electrons. The summed E-state index contributed by atoms with van der Waals surface area (Å²) in [5.41, 5.74) is 3.72. The van der Waals surface area contributed by atoms with Crippen molar-refractivity contribution in [2.24, 2.45) is 4.99 Å². The summed E-state index contributed by atoms with van der Waals surface area (Å²) in [6, 6.07) is 0. The number of nitrogens with one attached hydrogen (secondary N) is 1. The first-order valence-electron chi connectivity index (χ1n) is 5.00. The van der Waals surface area contributed by atoms with Crippen LogP contribution in [0.1, 0.15) is 29.8 Å². The Labute approximate surface area is 82.4 Å². The highest BCUT2D eigenvalue weighted by Crippen LogP contribution is 2.22. The Morgan fingerprint density at radius 2 is 2.29 bits per heavy atom. The average Bonchev–Trinajstić information content (AvgIpc) is 2.63. The van der Waals surface area contributed by atoms with Crippen LogP contribution in [0.2, 0.25) is 0 Å². The largest absolute Gasteiger partial charge is 0.282 e. The molecule has 0 spiro atoms. The molecule has 1 N–H and O–H groups in total. The fourth-order valence-corrected chi connectivity index (χ4v) is 1.96. The maximum absolute atomic E-state index is 9.90. The van der Waals surface area contributed by atoms with Crippen molar-refractivity contribution in [2.45, 2.75) is 32.1 Å². The first-order chi connectivity index (χ1) is 6.92. The minimum Gasteiger partial charge on any atom is -0.282 e. The van der Waals surface area contributed by atoms with Gasteiger partial charge in [0.15, 0.2) is 0 Å². The van der Waals surface area contributed by atoms with E-state index in [0.29, 0.717) is 6.54 Å². The summed E-state index contributed by atoms with van der Waals surface area (Å²) in [6.07, 6.45) is 7.02. The number of aliphatic imine (C=N–C) groups is 1. The highest BCUT2D eigenvalue weighted by atomic mass is 16.1. The summed E-state index contributed by atoms with van der Waals surface area (Å²) in [4.78, 5) is 13.4. The van der Waals surface area contributed by atoms with Crippen molar-refractivity contribution in [1.29, 1.82) is 0 Å². The van der Waals surface area contributed by atoms with Gasteiger partial charge in [-0.2, -0.15) is 5.10 Å². The first kappa shape index (κ1) is 9.16. The molecule has 1 aromatic rings. The Kier molecular flexibility index (Phi) is 2.75. The van der Waals surface area contributed by atoms with Gasteiger partial charge < -0.3 is 0 Å². The fraction of sp³-hybridized carbons (Fsp3) is 0.600. The van der Waals surface area contributed by atoms with Crippen LogP contribution in [-0.2, 0) is 24.1 Å². The highest BCUT2D eigenvalue weighted by molar-refractivity contribution is 5.33. The number of carbonyl (C=O) groups excluding carboxylic acids is 1. The van der Waals surface area contributed by atoms with Crippen LogP contribution in [0.15, 0.2) is 4.99 Å². The van der Waals surface area contributed by atoms with Crippen LogP contribution in [0.3, 0.4) is 0 Å². The minimum absolute atomic E-state index is 0.501. The molecule has 0 saturated carbocycles. The summed E-state index contributed by atoms with van der Waals surface area (Å²) in [5.74, 6) is 0. The molecule has 0 atom stereocenters. The van der Waals surface area contributed by atoms with E-state index < -0.39 is 0 Å². The topological polar surface area (TPSA) is 58.1 Å². The van der Waals surface area contributed by atoms with E-state index in [1.807, 2.05) is 0 Å². The lowest BCUT2D eigenvalue weighted by atomic mass is 9.95.